The molecule has 2 nitrogen and oxygen atoms in total. The highest BCUT2D eigenvalue weighted by atomic mass is 15.1. The van der Waals surface area contributed by atoms with Gasteiger partial charge in [-0.25, -0.2) is 0 Å². The second-order valence-corrected chi connectivity index (χ2v) is 13.3. The van der Waals surface area contributed by atoms with E-state index in [9.17, 15) is 0 Å². The molecular formula is C48H40N2. The van der Waals surface area contributed by atoms with Crippen LogP contribution in [0.4, 0.5) is 28.4 Å². The third-order valence-electron chi connectivity index (χ3n) is 9.60. The zero-order valence-corrected chi connectivity index (χ0v) is 28.6. The van der Waals surface area contributed by atoms with Crippen LogP contribution in [0.2, 0.25) is 0 Å². The Morgan fingerprint density at radius 3 is 1.40 bits per heavy atom. The van der Waals surface area contributed by atoms with Crippen LogP contribution < -0.4 is 9.80 Å². The van der Waals surface area contributed by atoms with Crippen LogP contribution in [0, 0.1) is 12.8 Å². The molecule has 2 heteroatoms. The lowest BCUT2D eigenvalue weighted by atomic mass is 10.00. The summed E-state index contributed by atoms with van der Waals surface area (Å²) in [6.45, 7) is 4.40. The fourth-order valence-corrected chi connectivity index (χ4v) is 6.76. The number of fused-ring (bicyclic) bond motifs is 2. The average Bonchev–Trinajstić information content (AvgIpc) is 3.16. The first-order chi connectivity index (χ1) is 24.6. The number of anilines is 5. The summed E-state index contributed by atoms with van der Waals surface area (Å²) in [6.07, 6.45) is 12.4. The molecule has 50 heavy (non-hydrogen) atoms. The molecule has 0 heterocycles. The summed E-state index contributed by atoms with van der Waals surface area (Å²) in [5.74, 6) is 0.570. The summed E-state index contributed by atoms with van der Waals surface area (Å²) in [7, 11) is 0. The summed E-state index contributed by atoms with van der Waals surface area (Å²) in [4.78, 5) is 4.70. The molecule has 0 saturated carbocycles. The molecule has 0 amide bonds. The second kappa shape index (κ2) is 13.8. The van der Waals surface area contributed by atoms with Crippen LogP contribution in [0.3, 0.4) is 0 Å². The highest BCUT2D eigenvalue weighted by Crippen LogP contribution is 2.38. The van der Waals surface area contributed by atoms with Crippen LogP contribution in [-0.2, 0) is 0 Å². The van der Waals surface area contributed by atoms with Gasteiger partial charge >= 0.3 is 0 Å². The number of allylic oxidation sites excluding steroid dienone is 3. The van der Waals surface area contributed by atoms with Crippen molar-refractivity contribution in [2.24, 2.45) is 5.92 Å². The topological polar surface area (TPSA) is 6.48 Å². The number of rotatable bonds is 8. The first-order valence-electron chi connectivity index (χ1n) is 17.5. The molecule has 242 valence electrons. The summed E-state index contributed by atoms with van der Waals surface area (Å²) < 4.78 is 0. The maximum atomic E-state index is 2.35. The van der Waals surface area contributed by atoms with E-state index < -0.39 is 0 Å². The lowest BCUT2D eigenvalue weighted by Gasteiger charge is -2.28. The van der Waals surface area contributed by atoms with E-state index in [0.717, 1.165) is 40.3 Å². The minimum Gasteiger partial charge on any atom is -0.311 e. The predicted octanol–water partition coefficient (Wildman–Crippen LogP) is 13.6. The molecule has 7 aromatic rings. The Morgan fingerprint density at radius 1 is 0.480 bits per heavy atom. The van der Waals surface area contributed by atoms with Crippen LogP contribution >= 0.6 is 0 Å². The lowest BCUT2D eigenvalue weighted by Crippen LogP contribution is -2.17. The first-order valence-corrected chi connectivity index (χ1v) is 17.5. The molecule has 0 spiro atoms. The van der Waals surface area contributed by atoms with Gasteiger partial charge in [-0.15, -0.1) is 0 Å². The van der Waals surface area contributed by atoms with Crippen molar-refractivity contribution in [3.8, 4) is 0 Å². The third kappa shape index (κ3) is 6.61. The Kier molecular flexibility index (Phi) is 8.59. The van der Waals surface area contributed by atoms with Crippen molar-refractivity contribution in [2.45, 2.75) is 20.3 Å². The number of nitrogens with zero attached hydrogens (tertiary/aromatic N) is 2. The quantitative estimate of drug-likeness (QED) is 0.152. The Balaban J connectivity index is 1.07. The predicted molar refractivity (Wildman–Crippen MR) is 216 cm³/mol. The molecular weight excluding hydrogens is 605 g/mol. The highest BCUT2D eigenvalue weighted by Gasteiger charge is 2.16. The van der Waals surface area contributed by atoms with Crippen LogP contribution in [-0.4, -0.2) is 0 Å². The monoisotopic (exact) mass is 644 g/mol. The number of benzene rings is 7. The maximum Gasteiger partial charge on any atom is 0.0468 e. The molecule has 0 aliphatic heterocycles. The molecule has 8 rings (SSSR count). The van der Waals surface area contributed by atoms with E-state index in [4.69, 9.17) is 0 Å². The van der Waals surface area contributed by atoms with Gasteiger partial charge in [-0.05, 0) is 119 Å². The van der Waals surface area contributed by atoms with E-state index in [2.05, 4.69) is 212 Å². The van der Waals surface area contributed by atoms with Crippen molar-refractivity contribution >= 4 is 62.1 Å². The van der Waals surface area contributed by atoms with E-state index >= 15 is 0 Å². The molecule has 0 aromatic heterocycles. The van der Waals surface area contributed by atoms with Crippen LogP contribution in [0.15, 0.2) is 182 Å². The van der Waals surface area contributed by atoms with Gasteiger partial charge in [0, 0.05) is 34.1 Å². The minimum atomic E-state index is 0.570. The lowest BCUT2D eigenvalue weighted by molar-refractivity contribution is 0.728. The van der Waals surface area contributed by atoms with Crippen molar-refractivity contribution < 1.29 is 0 Å². The van der Waals surface area contributed by atoms with Crippen molar-refractivity contribution in [3.05, 3.63) is 198 Å². The number of aryl methyl sites for hydroxylation is 1. The summed E-state index contributed by atoms with van der Waals surface area (Å²) >= 11 is 0. The zero-order chi connectivity index (χ0) is 33.9. The summed E-state index contributed by atoms with van der Waals surface area (Å²) in [6, 6.07) is 57.0. The third-order valence-corrected chi connectivity index (χ3v) is 9.60. The fourth-order valence-electron chi connectivity index (χ4n) is 6.76. The fraction of sp³-hybridized carbons (Fsp3) is 0.0833. The molecule has 0 radical (unpaired) electrons. The molecule has 1 unspecified atom stereocenters. The van der Waals surface area contributed by atoms with Gasteiger partial charge in [0.05, 0.1) is 0 Å². The summed E-state index contributed by atoms with van der Waals surface area (Å²) in [5, 5.41) is 4.93. The van der Waals surface area contributed by atoms with Gasteiger partial charge in [0.15, 0.2) is 0 Å². The summed E-state index contributed by atoms with van der Waals surface area (Å²) in [5.41, 5.74) is 10.5. The largest absolute Gasteiger partial charge is 0.311 e. The molecule has 7 aromatic carbocycles. The SMILES string of the molecule is Cc1ccc(N(C2=CCC(C)C=C2)c2ccc(/C=C/c3ccc(N(c4ccc5ccccc5c4)c4ccc5ccccc5c4)cc3)cc2)cc1. The van der Waals surface area contributed by atoms with Crippen LogP contribution in [0.1, 0.15) is 30.0 Å². The van der Waals surface area contributed by atoms with Gasteiger partial charge in [0.25, 0.3) is 0 Å². The van der Waals surface area contributed by atoms with Gasteiger partial charge in [0.2, 0.25) is 0 Å². The normalized spacial score (nSPS) is 14.3. The van der Waals surface area contributed by atoms with Crippen molar-refractivity contribution in [2.75, 3.05) is 9.80 Å². The van der Waals surface area contributed by atoms with Gasteiger partial charge in [0.1, 0.15) is 0 Å². The minimum absolute atomic E-state index is 0.570. The Hall–Kier alpha value is -6.12. The van der Waals surface area contributed by atoms with E-state index in [-0.39, 0.29) is 0 Å². The molecule has 1 aliphatic carbocycles. The molecule has 0 fully saturated rings. The van der Waals surface area contributed by atoms with Crippen molar-refractivity contribution in [1.82, 2.24) is 0 Å². The number of hydrogen-bond donors (Lipinski definition) is 0. The average molecular weight is 645 g/mol. The first kappa shape index (κ1) is 31.2. The van der Waals surface area contributed by atoms with E-state index in [1.54, 1.807) is 0 Å². The van der Waals surface area contributed by atoms with Crippen molar-refractivity contribution in [3.63, 3.8) is 0 Å². The standard InChI is InChI=1S/C48H40N2/c1-35-11-23-43(24-12-35)49(44-25-13-36(2)14-26-44)45-27-17-37(18-28-45)15-16-38-19-29-46(30-20-38)50(47-31-21-39-7-3-5-9-41(39)33-47)48-32-22-40-8-4-6-10-42(40)34-48/h3-13,15-34,36H,14H2,1-2H3/b16-15+. The zero-order valence-electron chi connectivity index (χ0n) is 28.6. The highest BCUT2D eigenvalue weighted by molar-refractivity contribution is 5.92. The molecule has 1 aliphatic rings. The van der Waals surface area contributed by atoms with E-state index in [0.29, 0.717) is 5.92 Å². The smallest absolute Gasteiger partial charge is 0.0468 e. The maximum absolute atomic E-state index is 2.35. The molecule has 0 N–H and O–H groups in total. The van der Waals surface area contributed by atoms with Crippen LogP contribution in [0.5, 0.6) is 0 Å². The van der Waals surface area contributed by atoms with Gasteiger partial charge in [-0.3, -0.25) is 0 Å². The Bertz CT molecular complexity index is 2280. The van der Waals surface area contributed by atoms with Gasteiger partial charge in [-0.1, -0.05) is 134 Å². The van der Waals surface area contributed by atoms with Gasteiger partial charge in [-0.2, -0.15) is 0 Å². The Morgan fingerprint density at radius 2 is 0.920 bits per heavy atom. The van der Waals surface area contributed by atoms with Crippen LogP contribution in [0.25, 0.3) is 33.7 Å². The van der Waals surface area contributed by atoms with E-state index in [1.165, 1.54) is 38.5 Å². The second-order valence-electron chi connectivity index (χ2n) is 13.3. The van der Waals surface area contributed by atoms with Gasteiger partial charge < -0.3 is 9.80 Å². The van der Waals surface area contributed by atoms with E-state index in [1.807, 2.05) is 0 Å². The molecule has 0 saturated heterocycles. The molecule has 0 bridgehead atoms. The molecule has 1 atom stereocenters. The van der Waals surface area contributed by atoms with Crippen molar-refractivity contribution in [1.29, 1.82) is 0 Å². The Labute approximate surface area is 295 Å². The number of hydrogen-bond acceptors (Lipinski definition) is 2.